The molecule has 0 bridgehead atoms. The summed E-state index contributed by atoms with van der Waals surface area (Å²) in [4.78, 5) is 16.7. The number of rotatable bonds is 14. The smallest absolute Gasteiger partial charge is 0.255 e. The molecule has 0 saturated heterocycles. The lowest BCUT2D eigenvalue weighted by molar-refractivity contribution is 0.102. The van der Waals surface area contributed by atoms with Gasteiger partial charge in [0.05, 0.1) is 0 Å². The second kappa shape index (κ2) is 14.4. The fourth-order valence-electron chi connectivity index (χ4n) is 3.33. The molecule has 162 valence electrons. The first-order chi connectivity index (χ1) is 14.7. The van der Waals surface area contributed by atoms with Crippen molar-refractivity contribution in [2.45, 2.75) is 71.1 Å². The molecule has 0 aliphatic rings. The molecule has 2 rings (SSSR count). The third-order valence-corrected chi connectivity index (χ3v) is 5.18. The van der Waals surface area contributed by atoms with Gasteiger partial charge in [-0.2, -0.15) is 0 Å². The van der Waals surface area contributed by atoms with Crippen molar-refractivity contribution >= 4 is 17.8 Å². The van der Waals surface area contributed by atoms with E-state index in [1.165, 1.54) is 69.9 Å². The van der Waals surface area contributed by atoms with Crippen LogP contribution in [-0.2, 0) is 0 Å². The standard InChI is InChI=1S/C26H36N2O2/c1-2-3-4-5-6-7-8-9-10-11-20-27-21-22-12-16-24(17-13-22)28-26(30)23-14-18-25(29)19-15-23/h12-19,21,29H,2-11,20H2,1H3,(H,28,30). The molecule has 4 nitrogen and oxygen atoms in total. The second-order valence-corrected chi connectivity index (χ2v) is 7.84. The van der Waals surface area contributed by atoms with E-state index in [2.05, 4.69) is 17.2 Å². The average molecular weight is 409 g/mol. The molecular formula is C26H36N2O2. The number of phenols is 1. The largest absolute Gasteiger partial charge is 0.508 e. The Bertz CT molecular complexity index is 752. The predicted octanol–water partition coefficient (Wildman–Crippen LogP) is 6.98. The molecule has 2 N–H and O–H groups in total. The maximum absolute atomic E-state index is 12.2. The van der Waals surface area contributed by atoms with Crippen molar-refractivity contribution in [3.05, 3.63) is 59.7 Å². The van der Waals surface area contributed by atoms with Gasteiger partial charge in [0.2, 0.25) is 0 Å². The van der Waals surface area contributed by atoms with Gasteiger partial charge in [-0.05, 0) is 48.4 Å². The van der Waals surface area contributed by atoms with Gasteiger partial charge < -0.3 is 10.4 Å². The molecule has 0 atom stereocenters. The number of carbonyl (C=O) groups is 1. The van der Waals surface area contributed by atoms with E-state index in [-0.39, 0.29) is 11.7 Å². The van der Waals surface area contributed by atoms with Gasteiger partial charge in [-0.1, -0.05) is 76.8 Å². The molecule has 0 aromatic heterocycles. The number of amides is 1. The molecule has 0 radical (unpaired) electrons. The number of nitrogens with zero attached hydrogens (tertiary/aromatic N) is 1. The Morgan fingerprint density at radius 2 is 1.40 bits per heavy atom. The molecule has 30 heavy (non-hydrogen) atoms. The number of aromatic hydroxyl groups is 1. The quantitative estimate of drug-likeness (QED) is 0.261. The first-order valence-electron chi connectivity index (χ1n) is 11.4. The Kier molecular flexibility index (Phi) is 11.3. The Hall–Kier alpha value is -2.62. The van der Waals surface area contributed by atoms with E-state index in [0.717, 1.165) is 24.2 Å². The van der Waals surface area contributed by atoms with Crippen LogP contribution in [0.5, 0.6) is 5.75 Å². The fraction of sp³-hybridized carbons (Fsp3) is 0.462. The summed E-state index contributed by atoms with van der Waals surface area (Å²) in [6.07, 6.45) is 15.3. The Morgan fingerprint density at radius 3 is 2.00 bits per heavy atom. The molecule has 4 heteroatoms. The third-order valence-electron chi connectivity index (χ3n) is 5.18. The van der Waals surface area contributed by atoms with Crippen LogP contribution in [0.2, 0.25) is 0 Å². The van der Waals surface area contributed by atoms with Crippen LogP contribution in [0.4, 0.5) is 5.69 Å². The highest BCUT2D eigenvalue weighted by molar-refractivity contribution is 6.04. The molecule has 0 saturated carbocycles. The minimum atomic E-state index is -0.197. The van der Waals surface area contributed by atoms with E-state index in [0.29, 0.717) is 5.56 Å². The van der Waals surface area contributed by atoms with Gasteiger partial charge in [0.15, 0.2) is 0 Å². The van der Waals surface area contributed by atoms with E-state index in [1.807, 2.05) is 30.5 Å². The lowest BCUT2D eigenvalue weighted by Crippen LogP contribution is -2.11. The predicted molar refractivity (Wildman–Crippen MR) is 127 cm³/mol. The van der Waals surface area contributed by atoms with Crippen LogP contribution >= 0.6 is 0 Å². The monoisotopic (exact) mass is 408 g/mol. The lowest BCUT2D eigenvalue weighted by atomic mass is 10.1. The highest BCUT2D eigenvalue weighted by Gasteiger charge is 2.05. The Labute approximate surface area is 181 Å². The van der Waals surface area contributed by atoms with Crippen LogP contribution in [0.15, 0.2) is 53.5 Å². The topological polar surface area (TPSA) is 61.7 Å². The first kappa shape index (κ1) is 23.7. The van der Waals surface area contributed by atoms with Gasteiger partial charge in [-0.3, -0.25) is 9.79 Å². The van der Waals surface area contributed by atoms with Gasteiger partial charge in [0, 0.05) is 24.0 Å². The van der Waals surface area contributed by atoms with Gasteiger partial charge in [-0.15, -0.1) is 0 Å². The number of aliphatic imine (C=N–C) groups is 1. The van der Waals surface area contributed by atoms with E-state index < -0.39 is 0 Å². The van der Waals surface area contributed by atoms with E-state index in [9.17, 15) is 9.90 Å². The van der Waals surface area contributed by atoms with Gasteiger partial charge >= 0.3 is 0 Å². The summed E-state index contributed by atoms with van der Waals surface area (Å²) in [6.45, 7) is 3.13. The number of anilines is 1. The molecule has 2 aromatic carbocycles. The van der Waals surface area contributed by atoms with Crippen LogP contribution in [0.25, 0.3) is 0 Å². The maximum atomic E-state index is 12.2. The third kappa shape index (κ3) is 9.73. The molecule has 2 aromatic rings. The second-order valence-electron chi connectivity index (χ2n) is 7.84. The van der Waals surface area contributed by atoms with Crippen molar-refractivity contribution in [2.24, 2.45) is 4.99 Å². The number of benzene rings is 2. The number of phenolic OH excluding ortho intramolecular Hbond substituents is 1. The zero-order valence-electron chi connectivity index (χ0n) is 18.3. The number of unbranched alkanes of at least 4 members (excludes halogenated alkanes) is 9. The zero-order chi connectivity index (χ0) is 21.4. The lowest BCUT2D eigenvalue weighted by Gasteiger charge is -2.05. The minimum Gasteiger partial charge on any atom is -0.508 e. The Balaban J connectivity index is 1.58. The summed E-state index contributed by atoms with van der Waals surface area (Å²) in [6, 6.07) is 13.9. The highest BCUT2D eigenvalue weighted by atomic mass is 16.3. The first-order valence-corrected chi connectivity index (χ1v) is 11.4. The summed E-state index contributed by atoms with van der Waals surface area (Å²) in [5, 5.41) is 12.2. The van der Waals surface area contributed by atoms with E-state index >= 15 is 0 Å². The normalized spacial score (nSPS) is 11.1. The summed E-state index contributed by atoms with van der Waals surface area (Å²) in [7, 11) is 0. The van der Waals surface area contributed by atoms with Crippen LogP contribution in [0.1, 0.15) is 87.1 Å². The molecule has 0 aliphatic heterocycles. The number of nitrogens with one attached hydrogen (secondary N) is 1. The van der Waals surface area contributed by atoms with Gasteiger partial charge in [0.25, 0.3) is 5.91 Å². The van der Waals surface area contributed by atoms with E-state index in [4.69, 9.17) is 0 Å². The molecule has 0 heterocycles. The van der Waals surface area contributed by atoms with Crippen molar-refractivity contribution in [3.63, 3.8) is 0 Å². The summed E-state index contributed by atoms with van der Waals surface area (Å²) in [5.41, 5.74) is 2.28. The Morgan fingerprint density at radius 1 is 0.833 bits per heavy atom. The minimum absolute atomic E-state index is 0.146. The van der Waals surface area contributed by atoms with Crippen molar-refractivity contribution in [1.82, 2.24) is 0 Å². The number of carbonyl (C=O) groups excluding carboxylic acids is 1. The summed E-state index contributed by atoms with van der Waals surface area (Å²) < 4.78 is 0. The number of hydrogen-bond acceptors (Lipinski definition) is 3. The van der Waals surface area contributed by atoms with Gasteiger partial charge in [0.1, 0.15) is 5.75 Å². The van der Waals surface area contributed by atoms with Crippen molar-refractivity contribution < 1.29 is 9.90 Å². The molecule has 0 unspecified atom stereocenters. The maximum Gasteiger partial charge on any atom is 0.255 e. The molecular weight excluding hydrogens is 372 g/mol. The van der Waals surface area contributed by atoms with Crippen LogP contribution in [0, 0.1) is 0 Å². The summed E-state index contributed by atoms with van der Waals surface area (Å²) >= 11 is 0. The van der Waals surface area contributed by atoms with Crippen molar-refractivity contribution in [1.29, 1.82) is 0 Å². The molecule has 0 aliphatic carbocycles. The molecule has 0 spiro atoms. The zero-order valence-corrected chi connectivity index (χ0v) is 18.3. The average Bonchev–Trinajstić information content (AvgIpc) is 2.76. The highest BCUT2D eigenvalue weighted by Crippen LogP contribution is 2.14. The molecule has 0 fully saturated rings. The van der Waals surface area contributed by atoms with Crippen molar-refractivity contribution in [3.8, 4) is 5.75 Å². The van der Waals surface area contributed by atoms with Crippen LogP contribution < -0.4 is 5.32 Å². The van der Waals surface area contributed by atoms with E-state index in [1.54, 1.807) is 12.1 Å². The molecule has 1 amide bonds. The van der Waals surface area contributed by atoms with Crippen LogP contribution in [0.3, 0.4) is 0 Å². The number of hydrogen-bond donors (Lipinski definition) is 2. The summed E-state index contributed by atoms with van der Waals surface area (Å²) in [5.74, 6) is -0.0506. The fourth-order valence-corrected chi connectivity index (χ4v) is 3.33. The van der Waals surface area contributed by atoms with Crippen LogP contribution in [-0.4, -0.2) is 23.8 Å². The van der Waals surface area contributed by atoms with Crippen molar-refractivity contribution in [2.75, 3.05) is 11.9 Å². The van der Waals surface area contributed by atoms with Gasteiger partial charge in [-0.25, -0.2) is 0 Å². The SMILES string of the molecule is CCCCCCCCCCCCN=Cc1ccc(NC(=O)c2ccc(O)cc2)cc1.